The summed E-state index contributed by atoms with van der Waals surface area (Å²) in [6.07, 6.45) is 1.77. The number of aliphatic carboxylic acids is 1. The van der Waals surface area contributed by atoms with Crippen molar-refractivity contribution in [3.05, 3.63) is 26.7 Å². The summed E-state index contributed by atoms with van der Waals surface area (Å²) >= 11 is 3.54. The van der Waals surface area contributed by atoms with Crippen molar-refractivity contribution in [2.24, 2.45) is 0 Å². The molecule has 0 atom stereocenters. The van der Waals surface area contributed by atoms with Gasteiger partial charge in [0.2, 0.25) is 0 Å². The molecule has 18 heavy (non-hydrogen) atoms. The van der Waals surface area contributed by atoms with Crippen molar-refractivity contribution in [3.8, 4) is 5.75 Å². The van der Waals surface area contributed by atoms with Crippen LogP contribution in [0.1, 0.15) is 41.5 Å². The molecule has 1 aliphatic rings. The van der Waals surface area contributed by atoms with Gasteiger partial charge in [0.05, 0.1) is 6.42 Å². The van der Waals surface area contributed by atoms with Crippen LogP contribution in [0, 0.1) is 20.8 Å². The summed E-state index contributed by atoms with van der Waals surface area (Å²) in [6.45, 7) is 5.76. The van der Waals surface area contributed by atoms with E-state index in [9.17, 15) is 9.90 Å². The molecular weight excluding hydrogens is 296 g/mol. The predicted octanol–water partition coefficient (Wildman–Crippen LogP) is 3.59. The molecule has 1 aliphatic carbocycles. The molecule has 3 nitrogen and oxygen atoms in total. The number of hydrogen-bond acceptors (Lipinski definition) is 2. The largest absolute Gasteiger partial charge is 0.507 e. The van der Waals surface area contributed by atoms with E-state index >= 15 is 0 Å². The van der Waals surface area contributed by atoms with E-state index in [1.165, 1.54) is 0 Å². The van der Waals surface area contributed by atoms with E-state index in [1.54, 1.807) is 0 Å². The Labute approximate surface area is 115 Å². The number of carboxylic acids is 1. The highest BCUT2D eigenvalue weighted by molar-refractivity contribution is 9.10. The first-order valence-electron chi connectivity index (χ1n) is 6.00. The molecule has 0 radical (unpaired) electrons. The number of carboxylic acid groups (broad SMARTS) is 1. The minimum Gasteiger partial charge on any atom is -0.507 e. The van der Waals surface area contributed by atoms with E-state index in [1.807, 2.05) is 20.8 Å². The van der Waals surface area contributed by atoms with Gasteiger partial charge in [0.1, 0.15) is 5.75 Å². The molecule has 0 aromatic heterocycles. The fourth-order valence-corrected chi connectivity index (χ4v) is 3.20. The molecule has 4 heteroatoms. The van der Waals surface area contributed by atoms with E-state index in [0.717, 1.165) is 39.6 Å². The SMILES string of the molecule is Cc1c(C)c(Br)c(C)c(C2(CC(=O)O)CC2)c1O. The van der Waals surface area contributed by atoms with Gasteiger partial charge in [0.25, 0.3) is 0 Å². The van der Waals surface area contributed by atoms with Crippen LogP contribution in [-0.4, -0.2) is 16.2 Å². The topological polar surface area (TPSA) is 57.5 Å². The highest BCUT2D eigenvalue weighted by atomic mass is 79.9. The number of carbonyl (C=O) groups is 1. The van der Waals surface area contributed by atoms with Crippen molar-refractivity contribution in [1.29, 1.82) is 0 Å². The summed E-state index contributed by atoms with van der Waals surface area (Å²) in [4.78, 5) is 11.0. The first-order chi connectivity index (χ1) is 8.30. The maximum absolute atomic E-state index is 11.0. The van der Waals surface area contributed by atoms with Crippen LogP contribution in [0.4, 0.5) is 0 Å². The van der Waals surface area contributed by atoms with Gasteiger partial charge >= 0.3 is 5.97 Å². The molecule has 1 fully saturated rings. The fourth-order valence-electron chi connectivity index (χ4n) is 2.70. The van der Waals surface area contributed by atoms with Crippen molar-refractivity contribution >= 4 is 21.9 Å². The van der Waals surface area contributed by atoms with Gasteiger partial charge < -0.3 is 10.2 Å². The molecule has 98 valence electrons. The lowest BCUT2D eigenvalue weighted by atomic mass is 9.85. The van der Waals surface area contributed by atoms with Gasteiger partial charge in [0.15, 0.2) is 0 Å². The number of phenols is 1. The van der Waals surface area contributed by atoms with Crippen LogP contribution in [-0.2, 0) is 10.2 Å². The number of rotatable bonds is 3. The third kappa shape index (κ3) is 1.92. The summed E-state index contributed by atoms with van der Waals surface area (Å²) in [5.74, 6) is -0.535. The lowest BCUT2D eigenvalue weighted by molar-refractivity contribution is -0.137. The molecule has 0 unspecified atom stereocenters. The quantitative estimate of drug-likeness (QED) is 0.896. The van der Waals surface area contributed by atoms with Gasteiger partial charge in [-0.3, -0.25) is 4.79 Å². The Kier molecular flexibility index (Phi) is 3.18. The zero-order valence-corrected chi connectivity index (χ0v) is 12.4. The molecule has 0 saturated heterocycles. The molecule has 2 N–H and O–H groups in total. The fraction of sp³-hybridized carbons (Fsp3) is 0.500. The van der Waals surface area contributed by atoms with Crippen molar-refractivity contribution < 1.29 is 15.0 Å². The highest BCUT2D eigenvalue weighted by Gasteiger charge is 2.49. The Morgan fingerprint density at radius 3 is 2.22 bits per heavy atom. The van der Waals surface area contributed by atoms with Crippen molar-refractivity contribution in [2.75, 3.05) is 0 Å². The zero-order chi connectivity index (χ0) is 13.7. The van der Waals surface area contributed by atoms with Gasteiger partial charge in [-0.25, -0.2) is 0 Å². The third-order valence-corrected chi connectivity index (χ3v) is 5.25. The Bertz CT molecular complexity index is 501. The van der Waals surface area contributed by atoms with E-state index in [4.69, 9.17) is 5.11 Å². The van der Waals surface area contributed by atoms with Gasteiger partial charge in [-0.15, -0.1) is 0 Å². The van der Waals surface area contributed by atoms with Crippen LogP contribution < -0.4 is 0 Å². The molecule has 1 saturated carbocycles. The number of hydrogen-bond donors (Lipinski definition) is 2. The molecule has 0 spiro atoms. The number of phenolic OH excluding ortho intramolecular Hbond substituents is 1. The summed E-state index contributed by atoms with van der Waals surface area (Å²) in [5, 5.41) is 19.4. The zero-order valence-electron chi connectivity index (χ0n) is 10.8. The number of aromatic hydroxyl groups is 1. The summed E-state index contributed by atoms with van der Waals surface area (Å²) < 4.78 is 0.976. The lowest BCUT2D eigenvalue weighted by Gasteiger charge is -2.22. The molecule has 0 bridgehead atoms. The molecule has 2 rings (SSSR count). The maximum atomic E-state index is 11.0. The van der Waals surface area contributed by atoms with Crippen LogP contribution in [0.2, 0.25) is 0 Å². The van der Waals surface area contributed by atoms with Gasteiger partial charge in [-0.2, -0.15) is 0 Å². The average molecular weight is 313 g/mol. The smallest absolute Gasteiger partial charge is 0.304 e. The van der Waals surface area contributed by atoms with Crippen LogP contribution in [0.3, 0.4) is 0 Å². The van der Waals surface area contributed by atoms with E-state index in [-0.39, 0.29) is 17.6 Å². The monoisotopic (exact) mass is 312 g/mol. The Hall–Kier alpha value is -1.03. The van der Waals surface area contributed by atoms with Gasteiger partial charge in [0, 0.05) is 15.5 Å². The van der Waals surface area contributed by atoms with Crippen LogP contribution in [0.25, 0.3) is 0 Å². The summed E-state index contributed by atoms with van der Waals surface area (Å²) in [5.41, 5.74) is 3.27. The summed E-state index contributed by atoms with van der Waals surface area (Å²) in [6, 6.07) is 0. The highest BCUT2D eigenvalue weighted by Crippen LogP contribution is 2.56. The minimum absolute atomic E-state index is 0.0936. The van der Waals surface area contributed by atoms with E-state index in [2.05, 4.69) is 15.9 Å². The summed E-state index contributed by atoms with van der Waals surface area (Å²) in [7, 11) is 0. The van der Waals surface area contributed by atoms with Crippen LogP contribution >= 0.6 is 15.9 Å². The Morgan fingerprint density at radius 2 is 1.78 bits per heavy atom. The molecule has 0 aliphatic heterocycles. The molecular formula is C14H17BrO3. The van der Waals surface area contributed by atoms with E-state index < -0.39 is 5.97 Å². The second-order valence-electron chi connectivity index (χ2n) is 5.26. The number of halogens is 1. The molecule has 0 amide bonds. The molecule has 1 aromatic carbocycles. The third-order valence-electron chi connectivity index (χ3n) is 4.06. The van der Waals surface area contributed by atoms with Crippen molar-refractivity contribution in [3.63, 3.8) is 0 Å². The second-order valence-corrected chi connectivity index (χ2v) is 6.06. The first kappa shape index (κ1) is 13.4. The molecule has 0 heterocycles. The lowest BCUT2D eigenvalue weighted by Crippen LogP contribution is -2.15. The minimum atomic E-state index is -0.805. The second kappa shape index (κ2) is 4.26. The average Bonchev–Trinajstić information content (AvgIpc) is 3.03. The molecule has 1 aromatic rings. The van der Waals surface area contributed by atoms with Gasteiger partial charge in [-0.05, 0) is 50.3 Å². The normalized spacial score (nSPS) is 16.7. The first-order valence-corrected chi connectivity index (χ1v) is 6.80. The Morgan fingerprint density at radius 1 is 1.22 bits per heavy atom. The Balaban J connectivity index is 2.62. The number of benzene rings is 1. The van der Waals surface area contributed by atoms with Crippen LogP contribution in [0.15, 0.2) is 4.47 Å². The standard InChI is InChI=1S/C14H17BrO3/c1-7-8(2)13(18)11(9(3)12(7)15)14(4-5-14)6-10(16)17/h18H,4-6H2,1-3H3,(H,16,17). The van der Waals surface area contributed by atoms with Crippen molar-refractivity contribution in [2.45, 2.75) is 45.4 Å². The van der Waals surface area contributed by atoms with Crippen LogP contribution in [0.5, 0.6) is 5.75 Å². The predicted molar refractivity (Wildman–Crippen MR) is 73.2 cm³/mol. The van der Waals surface area contributed by atoms with Crippen molar-refractivity contribution in [1.82, 2.24) is 0 Å². The van der Waals surface area contributed by atoms with Gasteiger partial charge in [-0.1, -0.05) is 15.9 Å². The van der Waals surface area contributed by atoms with E-state index in [0.29, 0.717) is 0 Å². The maximum Gasteiger partial charge on any atom is 0.304 e.